The molecule has 3 nitrogen and oxygen atoms in total. The molecule has 1 unspecified atom stereocenters. The van der Waals surface area contributed by atoms with Gasteiger partial charge in [-0.15, -0.1) is 22.7 Å². The maximum absolute atomic E-state index is 9.98. The number of nitrogens with one attached hydrogen (secondary N) is 1. The molecule has 6 heteroatoms. The minimum atomic E-state index is -0.513. The summed E-state index contributed by atoms with van der Waals surface area (Å²) >= 11 is 8.94. The Labute approximate surface area is 126 Å². The Morgan fingerprint density at radius 2 is 2.21 bits per heavy atom. The summed E-state index contributed by atoms with van der Waals surface area (Å²) in [4.78, 5) is 5.43. The molecule has 2 heterocycles. The Hall–Kier alpha value is -0.460. The summed E-state index contributed by atoms with van der Waals surface area (Å²) in [6.07, 6.45) is -0.513. The molecule has 0 amide bonds. The lowest BCUT2D eigenvalue weighted by atomic mass is 10.2. The summed E-state index contributed by atoms with van der Waals surface area (Å²) < 4.78 is 0.704. The third kappa shape index (κ3) is 4.26. The van der Waals surface area contributed by atoms with Crippen molar-refractivity contribution in [3.8, 4) is 0 Å². The molecule has 2 aromatic heterocycles. The van der Waals surface area contributed by atoms with Crippen molar-refractivity contribution in [1.29, 1.82) is 0 Å². The first-order valence-electron chi connectivity index (χ1n) is 6.14. The van der Waals surface area contributed by atoms with Gasteiger partial charge in [0.2, 0.25) is 0 Å². The molecule has 0 bridgehead atoms. The van der Waals surface area contributed by atoms with Crippen LogP contribution in [0, 0.1) is 0 Å². The lowest BCUT2D eigenvalue weighted by Gasteiger charge is -2.09. The third-order valence-electron chi connectivity index (χ3n) is 2.63. The van der Waals surface area contributed by atoms with Gasteiger partial charge in [0, 0.05) is 29.3 Å². The lowest BCUT2D eigenvalue weighted by Crippen LogP contribution is -2.20. The van der Waals surface area contributed by atoms with E-state index in [1.165, 1.54) is 11.3 Å². The van der Waals surface area contributed by atoms with Crippen molar-refractivity contribution in [2.45, 2.75) is 32.4 Å². The number of rotatable bonds is 6. The van der Waals surface area contributed by atoms with Crippen molar-refractivity contribution >= 4 is 34.3 Å². The fourth-order valence-electron chi connectivity index (χ4n) is 1.61. The second-order valence-electron chi connectivity index (χ2n) is 4.62. The molecular formula is C13H17ClN2OS2. The van der Waals surface area contributed by atoms with Crippen molar-refractivity contribution in [2.75, 3.05) is 6.54 Å². The number of thiophene rings is 1. The number of aromatic nitrogens is 1. The Morgan fingerprint density at radius 1 is 1.42 bits per heavy atom. The van der Waals surface area contributed by atoms with Crippen molar-refractivity contribution < 1.29 is 5.11 Å². The standard InChI is InChI=1S/C13H17ClN2OS2/c1-8(2)13-16-9(7-18-13)5-15-6-10(17)11-3-4-12(14)19-11/h3-4,7-8,10,15,17H,5-6H2,1-2H3. The maximum Gasteiger partial charge on any atom is 0.101 e. The minimum Gasteiger partial charge on any atom is -0.386 e. The van der Waals surface area contributed by atoms with E-state index < -0.39 is 6.10 Å². The summed E-state index contributed by atoms with van der Waals surface area (Å²) in [6.45, 7) is 5.46. The van der Waals surface area contributed by atoms with Gasteiger partial charge in [-0.1, -0.05) is 25.4 Å². The van der Waals surface area contributed by atoms with E-state index in [0.29, 0.717) is 23.3 Å². The fraction of sp³-hybridized carbons (Fsp3) is 0.462. The fourth-order valence-corrected chi connectivity index (χ4v) is 3.50. The van der Waals surface area contributed by atoms with E-state index in [1.54, 1.807) is 17.4 Å². The number of halogens is 1. The molecule has 0 aliphatic heterocycles. The monoisotopic (exact) mass is 316 g/mol. The molecule has 2 rings (SSSR count). The molecule has 0 aliphatic carbocycles. The van der Waals surface area contributed by atoms with Crippen LogP contribution in [-0.4, -0.2) is 16.6 Å². The van der Waals surface area contributed by atoms with E-state index in [2.05, 4.69) is 29.5 Å². The quantitative estimate of drug-likeness (QED) is 0.852. The molecular weight excluding hydrogens is 300 g/mol. The minimum absolute atomic E-state index is 0.470. The van der Waals surface area contributed by atoms with Crippen LogP contribution in [0.15, 0.2) is 17.5 Å². The van der Waals surface area contributed by atoms with Crippen LogP contribution in [0.3, 0.4) is 0 Å². The normalized spacial score (nSPS) is 13.1. The van der Waals surface area contributed by atoms with Gasteiger partial charge in [-0.2, -0.15) is 0 Å². The number of hydrogen-bond acceptors (Lipinski definition) is 5. The summed E-state index contributed by atoms with van der Waals surface area (Å²) in [5.74, 6) is 0.470. The molecule has 0 saturated carbocycles. The average Bonchev–Trinajstić information content (AvgIpc) is 2.98. The van der Waals surface area contributed by atoms with Crippen LogP contribution in [0.2, 0.25) is 4.34 Å². The highest BCUT2D eigenvalue weighted by atomic mass is 35.5. The van der Waals surface area contributed by atoms with Gasteiger partial charge in [-0.25, -0.2) is 4.98 Å². The number of thiazole rings is 1. The largest absolute Gasteiger partial charge is 0.386 e. The summed E-state index contributed by atoms with van der Waals surface area (Å²) in [5, 5.41) is 16.4. The van der Waals surface area contributed by atoms with Crippen LogP contribution in [0.1, 0.15) is 41.4 Å². The molecule has 19 heavy (non-hydrogen) atoms. The van der Waals surface area contributed by atoms with Crippen LogP contribution in [0.4, 0.5) is 0 Å². The van der Waals surface area contributed by atoms with Crippen molar-refractivity contribution in [3.05, 3.63) is 37.4 Å². The molecule has 2 aromatic rings. The van der Waals surface area contributed by atoms with E-state index in [1.807, 2.05) is 6.07 Å². The summed E-state index contributed by atoms with van der Waals surface area (Å²) in [7, 11) is 0. The number of nitrogens with zero attached hydrogens (tertiary/aromatic N) is 1. The SMILES string of the molecule is CC(C)c1nc(CNCC(O)c2ccc(Cl)s2)cs1. The van der Waals surface area contributed by atoms with Crippen molar-refractivity contribution in [1.82, 2.24) is 10.3 Å². The highest BCUT2D eigenvalue weighted by molar-refractivity contribution is 7.16. The van der Waals surface area contributed by atoms with E-state index in [4.69, 9.17) is 11.6 Å². The first-order chi connectivity index (χ1) is 9.06. The molecule has 104 valence electrons. The van der Waals surface area contributed by atoms with Crippen molar-refractivity contribution in [2.24, 2.45) is 0 Å². The Morgan fingerprint density at radius 3 is 2.79 bits per heavy atom. The summed E-state index contributed by atoms with van der Waals surface area (Å²) in [6, 6.07) is 3.67. The zero-order valence-electron chi connectivity index (χ0n) is 10.9. The Balaban J connectivity index is 1.79. The number of aliphatic hydroxyl groups is 1. The van der Waals surface area contributed by atoms with Gasteiger partial charge >= 0.3 is 0 Å². The third-order valence-corrected chi connectivity index (χ3v) is 5.16. The molecule has 0 saturated heterocycles. The van der Waals surface area contributed by atoms with Crippen LogP contribution in [-0.2, 0) is 6.54 Å². The van der Waals surface area contributed by atoms with Gasteiger partial charge in [0.15, 0.2) is 0 Å². The van der Waals surface area contributed by atoms with Crippen LogP contribution in [0.25, 0.3) is 0 Å². The van der Waals surface area contributed by atoms with Gasteiger partial charge in [0.05, 0.1) is 15.0 Å². The zero-order valence-corrected chi connectivity index (χ0v) is 13.3. The van der Waals surface area contributed by atoms with Crippen LogP contribution in [0.5, 0.6) is 0 Å². The van der Waals surface area contributed by atoms with Gasteiger partial charge < -0.3 is 10.4 Å². The molecule has 0 aromatic carbocycles. The first-order valence-corrected chi connectivity index (χ1v) is 8.22. The molecule has 0 radical (unpaired) electrons. The van der Waals surface area contributed by atoms with E-state index in [-0.39, 0.29) is 0 Å². The smallest absolute Gasteiger partial charge is 0.101 e. The molecule has 1 atom stereocenters. The van der Waals surface area contributed by atoms with E-state index in [9.17, 15) is 5.11 Å². The second kappa shape index (κ2) is 6.81. The van der Waals surface area contributed by atoms with Crippen LogP contribution >= 0.6 is 34.3 Å². The predicted molar refractivity (Wildman–Crippen MR) is 82.2 cm³/mol. The zero-order chi connectivity index (χ0) is 13.8. The van der Waals surface area contributed by atoms with Crippen molar-refractivity contribution in [3.63, 3.8) is 0 Å². The maximum atomic E-state index is 9.98. The summed E-state index contributed by atoms with van der Waals surface area (Å²) in [5.41, 5.74) is 1.03. The van der Waals surface area contributed by atoms with E-state index >= 15 is 0 Å². The van der Waals surface area contributed by atoms with Gasteiger partial charge in [0.1, 0.15) is 6.10 Å². The molecule has 2 N–H and O–H groups in total. The topological polar surface area (TPSA) is 45.2 Å². The average molecular weight is 317 g/mol. The molecule has 0 fully saturated rings. The van der Waals surface area contributed by atoms with Gasteiger partial charge in [-0.3, -0.25) is 0 Å². The lowest BCUT2D eigenvalue weighted by molar-refractivity contribution is 0.178. The van der Waals surface area contributed by atoms with Gasteiger partial charge in [-0.05, 0) is 12.1 Å². The Kier molecular flexibility index (Phi) is 5.36. The predicted octanol–water partition coefficient (Wildman–Crippen LogP) is 3.80. The second-order valence-corrected chi connectivity index (χ2v) is 7.26. The number of aliphatic hydroxyl groups excluding tert-OH is 1. The Bertz CT molecular complexity index is 524. The van der Waals surface area contributed by atoms with Crippen LogP contribution < -0.4 is 5.32 Å². The highest BCUT2D eigenvalue weighted by Gasteiger charge is 2.10. The molecule has 0 aliphatic rings. The highest BCUT2D eigenvalue weighted by Crippen LogP contribution is 2.26. The first kappa shape index (κ1) is 14.9. The number of hydrogen-bond donors (Lipinski definition) is 2. The van der Waals surface area contributed by atoms with E-state index in [0.717, 1.165) is 15.6 Å². The molecule has 0 spiro atoms. The van der Waals surface area contributed by atoms with Gasteiger partial charge in [0.25, 0.3) is 0 Å².